The molecule has 3 rings (SSSR count). The minimum atomic E-state index is -0.589. The van der Waals surface area contributed by atoms with E-state index in [4.69, 9.17) is 16.3 Å². The van der Waals surface area contributed by atoms with E-state index in [0.717, 1.165) is 0 Å². The summed E-state index contributed by atoms with van der Waals surface area (Å²) < 4.78 is 18.2. The molecule has 0 bridgehead atoms. The highest BCUT2D eigenvalue weighted by molar-refractivity contribution is 6.30. The Hall–Kier alpha value is -3.24. The van der Waals surface area contributed by atoms with Gasteiger partial charge in [0, 0.05) is 10.6 Å². The molecule has 3 nitrogen and oxygen atoms in total. The SMILES string of the molecule is O=C(/C=C/c1cccc(OC(=O)c2ccc(F)cc2)c1)c1ccc(Cl)cc1. The minimum absolute atomic E-state index is 0.166. The van der Waals surface area contributed by atoms with Crippen LogP contribution in [-0.4, -0.2) is 11.8 Å². The van der Waals surface area contributed by atoms with Crippen molar-refractivity contribution in [3.63, 3.8) is 0 Å². The summed E-state index contributed by atoms with van der Waals surface area (Å²) in [5.74, 6) is -0.858. The highest BCUT2D eigenvalue weighted by atomic mass is 35.5. The van der Waals surface area contributed by atoms with Gasteiger partial charge in [0.2, 0.25) is 0 Å². The first-order valence-electron chi connectivity index (χ1n) is 8.07. The molecule has 0 saturated carbocycles. The van der Waals surface area contributed by atoms with Crippen LogP contribution in [0.1, 0.15) is 26.3 Å². The van der Waals surface area contributed by atoms with Gasteiger partial charge in [0.15, 0.2) is 5.78 Å². The molecule has 0 aromatic heterocycles. The van der Waals surface area contributed by atoms with E-state index in [1.165, 1.54) is 30.3 Å². The third-order valence-corrected chi connectivity index (χ3v) is 3.96. The second-order valence-electron chi connectivity index (χ2n) is 5.67. The predicted octanol–water partition coefficient (Wildman–Crippen LogP) is 5.59. The Kier molecular flexibility index (Phi) is 5.79. The van der Waals surface area contributed by atoms with Crippen molar-refractivity contribution in [1.29, 1.82) is 0 Å². The topological polar surface area (TPSA) is 43.4 Å². The van der Waals surface area contributed by atoms with E-state index in [-0.39, 0.29) is 11.3 Å². The average molecular weight is 381 g/mol. The van der Waals surface area contributed by atoms with Gasteiger partial charge in [0.05, 0.1) is 5.56 Å². The molecule has 0 aliphatic rings. The molecule has 0 aliphatic carbocycles. The lowest BCUT2D eigenvalue weighted by atomic mass is 10.1. The van der Waals surface area contributed by atoms with Crippen LogP contribution in [0.15, 0.2) is 78.9 Å². The zero-order chi connectivity index (χ0) is 19.2. The molecular weight excluding hydrogens is 367 g/mol. The molecule has 0 radical (unpaired) electrons. The molecule has 134 valence electrons. The third kappa shape index (κ3) is 5.12. The minimum Gasteiger partial charge on any atom is -0.423 e. The quantitative estimate of drug-likeness (QED) is 0.250. The van der Waals surface area contributed by atoms with E-state index < -0.39 is 11.8 Å². The Morgan fingerprint density at radius 1 is 0.889 bits per heavy atom. The lowest BCUT2D eigenvalue weighted by molar-refractivity contribution is 0.0734. The molecule has 5 heteroatoms. The molecular formula is C22H14ClFO3. The van der Waals surface area contributed by atoms with Crippen molar-refractivity contribution >= 4 is 29.4 Å². The molecule has 0 saturated heterocycles. The number of rotatable bonds is 5. The summed E-state index contributed by atoms with van der Waals surface area (Å²) in [6.45, 7) is 0. The Bertz CT molecular complexity index is 993. The van der Waals surface area contributed by atoms with Crippen molar-refractivity contribution in [2.75, 3.05) is 0 Å². The van der Waals surface area contributed by atoms with Gasteiger partial charge in [-0.2, -0.15) is 0 Å². The maximum atomic E-state index is 12.9. The number of carbonyl (C=O) groups is 2. The fourth-order valence-corrected chi connectivity index (χ4v) is 2.44. The van der Waals surface area contributed by atoms with Crippen molar-refractivity contribution < 1.29 is 18.7 Å². The Balaban J connectivity index is 1.69. The fourth-order valence-electron chi connectivity index (χ4n) is 2.32. The molecule has 0 aliphatic heterocycles. The van der Waals surface area contributed by atoms with Crippen molar-refractivity contribution in [2.45, 2.75) is 0 Å². The standard InChI is InChI=1S/C22H14ClFO3/c23-18-9-5-16(6-10-18)21(25)13-4-15-2-1-3-20(14-15)27-22(26)17-7-11-19(24)12-8-17/h1-14H/b13-4+. The molecule has 0 unspecified atom stereocenters. The highest BCUT2D eigenvalue weighted by Crippen LogP contribution is 2.17. The fraction of sp³-hybridized carbons (Fsp3) is 0. The van der Waals surface area contributed by atoms with E-state index in [1.54, 1.807) is 54.6 Å². The van der Waals surface area contributed by atoms with Gasteiger partial charge in [0.1, 0.15) is 11.6 Å². The number of ketones is 1. The second-order valence-corrected chi connectivity index (χ2v) is 6.11. The second kappa shape index (κ2) is 8.43. The van der Waals surface area contributed by atoms with Gasteiger partial charge in [-0.25, -0.2) is 9.18 Å². The number of halogens is 2. The van der Waals surface area contributed by atoms with Gasteiger partial charge < -0.3 is 4.74 Å². The van der Waals surface area contributed by atoms with Gasteiger partial charge >= 0.3 is 5.97 Å². The van der Waals surface area contributed by atoms with E-state index in [2.05, 4.69) is 0 Å². The number of carbonyl (C=O) groups excluding carboxylic acids is 2. The largest absolute Gasteiger partial charge is 0.423 e. The zero-order valence-electron chi connectivity index (χ0n) is 14.1. The monoisotopic (exact) mass is 380 g/mol. The first-order chi connectivity index (χ1) is 13.0. The van der Waals surface area contributed by atoms with Crippen LogP contribution in [0.25, 0.3) is 6.08 Å². The number of hydrogen-bond donors (Lipinski definition) is 0. The molecule has 27 heavy (non-hydrogen) atoms. The Labute approximate surface area is 160 Å². The van der Waals surface area contributed by atoms with Crippen LogP contribution < -0.4 is 4.74 Å². The van der Waals surface area contributed by atoms with E-state index >= 15 is 0 Å². The summed E-state index contributed by atoms with van der Waals surface area (Å²) in [5, 5.41) is 0.561. The molecule has 3 aromatic rings. The summed E-state index contributed by atoms with van der Waals surface area (Å²) in [4.78, 5) is 24.2. The first-order valence-corrected chi connectivity index (χ1v) is 8.45. The summed E-state index contributed by atoms with van der Waals surface area (Å²) in [6.07, 6.45) is 3.07. The van der Waals surface area contributed by atoms with E-state index in [1.807, 2.05) is 0 Å². The first kappa shape index (κ1) is 18.5. The summed E-state index contributed by atoms with van der Waals surface area (Å²) in [5.41, 5.74) is 1.46. The maximum Gasteiger partial charge on any atom is 0.343 e. The van der Waals surface area contributed by atoms with Crippen LogP contribution in [0.5, 0.6) is 5.75 Å². The van der Waals surface area contributed by atoms with Gasteiger partial charge in [-0.1, -0.05) is 29.8 Å². The van der Waals surface area contributed by atoms with Crippen molar-refractivity contribution in [2.24, 2.45) is 0 Å². The van der Waals surface area contributed by atoms with Crippen LogP contribution in [0, 0.1) is 5.82 Å². The van der Waals surface area contributed by atoms with Crippen LogP contribution in [0.2, 0.25) is 5.02 Å². The number of allylic oxidation sites excluding steroid dienone is 1. The van der Waals surface area contributed by atoms with E-state index in [9.17, 15) is 14.0 Å². The summed E-state index contributed by atoms with van der Waals surface area (Å²) >= 11 is 5.81. The third-order valence-electron chi connectivity index (χ3n) is 3.70. The Morgan fingerprint density at radius 3 is 2.26 bits per heavy atom. The zero-order valence-corrected chi connectivity index (χ0v) is 14.8. The number of hydrogen-bond acceptors (Lipinski definition) is 3. The van der Waals surface area contributed by atoms with Gasteiger partial charge in [-0.3, -0.25) is 4.79 Å². The van der Waals surface area contributed by atoms with Gasteiger partial charge in [-0.05, 0) is 72.3 Å². The average Bonchev–Trinajstić information content (AvgIpc) is 2.67. The summed E-state index contributed by atoms with van der Waals surface area (Å²) in [7, 11) is 0. The molecule has 0 amide bonds. The van der Waals surface area contributed by atoms with Crippen molar-refractivity contribution in [3.05, 3.63) is 106 Å². The molecule has 0 fully saturated rings. The molecule has 0 atom stereocenters. The summed E-state index contributed by atoms with van der Waals surface area (Å²) in [6, 6.07) is 18.4. The molecule has 0 spiro atoms. The van der Waals surface area contributed by atoms with Crippen LogP contribution in [0.3, 0.4) is 0 Å². The number of esters is 1. The van der Waals surface area contributed by atoms with Crippen LogP contribution in [-0.2, 0) is 0 Å². The molecule has 0 heterocycles. The predicted molar refractivity (Wildman–Crippen MR) is 103 cm³/mol. The Morgan fingerprint density at radius 2 is 1.56 bits per heavy atom. The number of ether oxygens (including phenoxy) is 1. The lowest BCUT2D eigenvalue weighted by Gasteiger charge is -2.05. The molecule has 3 aromatic carbocycles. The molecule has 0 N–H and O–H groups in total. The normalized spacial score (nSPS) is 10.7. The maximum absolute atomic E-state index is 12.9. The number of benzene rings is 3. The smallest absolute Gasteiger partial charge is 0.343 e. The lowest BCUT2D eigenvalue weighted by Crippen LogP contribution is -2.08. The van der Waals surface area contributed by atoms with Crippen LogP contribution >= 0.6 is 11.6 Å². The highest BCUT2D eigenvalue weighted by Gasteiger charge is 2.09. The van der Waals surface area contributed by atoms with E-state index in [0.29, 0.717) is 21.9 Å². The van der Waals surface area contributed by atoms with Gasteiger partial charge in [0.25, 0.3) is 0 Å². The van der Waals surface area contributed by atoms with Gasteiger partial charge in [-0.15, -0.1) is 0 Å². The van der Waals surface area contributed by atoms with Crippen LogP contribution in [0.4, 0.5) is 4.39 Å². The van der Waals surface area contributed by atoms with Crippen molar-refractivity contribution in [1.82, 2.24) is 0 Å². The van der Waals surface area contributed by atoms with Crippen molar-refractivity contribution in [3.8, 4) is 5.75 Å².